The van der Waals surface area contributed by atoms with Crippen LogP contribution < -0.4 is 5.73 Å². The summed E-state index contributed by atoms with van der Waals surface area (Å²) in [5.74, 6) is -1.87. The van der Waals surface area contributed by atoms with Gasteiger partial charge < -0.3 is 10.5 Å². The maximum atomic E-state index is 13.4. The van der Waals surface area contributed by atoms with Crippen LogP contribution in [0.3, 0.4) is 0 Å². The average Bonchev–Trinajstić information content (AvgIpc) is 2.43. The second-order valence-corrected chi connectivity index (χ2v) is 5.40. The van der Waals surface area contributed by atoms with Crippen molar-refractivity contribution in [1.82, 2.24) is 0 Å². The Morgan fingerprint density at radius 2 is 2.00 bits per heavy atom. The molecule has 3 nitrogen and oxygen atoms in total. The van der Waals surface area contributed by atoms with E-state index in [1.54, 1.807) is 19.1 Å². The van der Waals surface area contributed by atoms with Gasteiger partial charge in [-0.05, 0) is 42.8 Å². The quantitative estimate of drug-likeness (QED) is 0.669. The van der Waals surface area contributed by atoms with Crippen molar-refractivity contribution in [2.75, 3.05) is 5.73 Å². The van der Waals surface area contributed by atoms with Gasteiger partial charge in [-0.15, -0.1) is 0 Å². The lowest BCUT2D eigenvalue weighted by atomic mass is 10.1. The van der Waals surface area contributed by atoms with E-state index < -0.39 is 17.6 Å². The predicted molar refractivity (Wildman–Crippen MR) is 78.8 cm³/mol. The van der Waals surface area contributed by atoms with Gasteiger partial charge in [0.2, 0.25) is 0 Å². The number of carbonyl (C=O) groups excluding carboxylic acids is 1. The van der Waals surface area contributed by atoms with Crippen LogP contribution >= 0.6 is 15.9 Å². The van der Waals surface area contributed by atoms with Gasteiger partial charge in [-0.2, -0.15) is 0 Å². The molecule has 0 heterocycles. The van der Waals surface area contributed by atoms with E-state index in [1.807, 2.05) is 0 Å². The van der Waals surface area contributed by atoms with Crippen LogP contribution in [-0.4, -0.2) is 5.97 Å². The van der Waals surface area contributed by atoms with Gasteiger partial charge in [-0.3, -0.25) is 0 Å². The Morgan fingerprint density at radius 3 is 2.71 bits per heavy atom. The molecule has 0 aromatic heterocycles. The highest BCUT2D eigenvalue weighted by Crippen LogP contribution is 2.24. The number of esters is 1. The number of nitrogen functional groups attached to an aromatic ring is 1. The third kappa shape index (κ3) is 3.58. The molecule has 6 heteroatoms. The van der Waals surface area contributed by atoms with Crippen molar-refractivity contribution < 1.29 is 18.3 Å². The summed E-state index contributed by atoms with van der Waals surface area (Å²) in [6.45, 7) is 1.33. The lowest BCUT2D eigenvalue weighted by molar-refractivity contribution is 0.0467. The molecule has 0 radical (unpaired) electrons. The minimum Gasteiger partial charge on any atom is -0.457 e. The molecule has 0 unspecified atom stereocenters. The molecular weight excluding hydrogens is 344 g/mol. The third-order valence-corrected chi connectivity index (χ3v) is 3.46. The van der Waals surface area contributed by atoms with Gasteiger partial charge in [0.1, 0.15) is 18.2 Å². The predicted octanol–water partition coefficient (Wildman–Crippen LogP) is 3.97. The molecule has 2 aromatic carbocycles. The maximum Gasteiger partial charge on any atom is 0.338 e. The second-order valence-electron chi connectivity index (χ2n) is 4.48. The summed E-state index contributed by atoms with van der Waals surface area (Å²) < 4.78 is 32.1. The Bertz CT molecular complexity index is 704. The van der Waals surface area contributed by atoms with Crippen LogP contribution in [0.1, 0.15) is 21.5 Å². The van der Waals surface area contributed by atoms with Gasteiger partial charge in [0.15, 0.2) is 0 Å². The molecule has 21 heavy (non-hydrogen) atoms. The molecule has 0 atom stereocenters. The fourth-order valence-corrected chi connectivity index (χ4v) is 2.26. The summed E-state index contributed by atoms with van der Waals surface area (Å²) in [6.07, 6.45) is 0. The SMILES string of the molecule is Cc1c(N)cc(Br)cc1C(=O)OCc1cc(F)ccc1F. The standard InChI is InChI=1S/C15H12BrF2NO2/c1-8-12(5-10(16)6-14(8)19)15(20)21-7-9-4-11(17)2-3-13(9)18/h2-6H,7,19H2,1H3. The highest BCUT2D eigenvalue weighted by molar-refractivity contribution is 9.10. The van der Waals surface area contributed by atoms with Crippen LogP contribution in [0.5, 0.6) is 0 Å². The largest absolute Gasteiger partial charge is 0.457 e. The third-order valence-electron chi connectivity index (χ3n) is 3.00. The zero-order chi connectivity index (χ0) is 15.6. The molecule has 0 bridgehead atoms. The maximum absolute atomic E-state index is 13.4. The fourth-order valence-electron chi connectivity index (χ4n) is 1.79. The van der Waals surface area contributed by atoms with Crippen LogP contribution in [0.2, 0.25) is 0 Å². The summed E-state index contributed by atoms with van der Waals surface area (Å²) in [5.41, 5.74) is 7.03. The Kier molecular flexibility index (Phi) is 4.57. The average molecular weight is 356 g/mol. The Balaban J connectivity index is 2.17. The van der Waals surface area contributed by atoms with Crippen molar-refractivity contribution in [2.24, 2.45) is 0 Å². The van der Waals surface area contributed by atoms with E-state index in [-0.39, 0.29) is 17.7 Å². The minimum atomic E-state index is -0.649. The van der Waals surface area contributed by atoms with Gasteiger partial charge in [-0.1, -0.05) is 15.9 Å². The monoisotopic (exact) mass is 355 g/mol. The topological polar surface area (TPSA) is 52.3 Å². The molecule has 0 spiro atoms. The van der Waals surface area contributed by atoms with E-state index >= 15 is 0 Å². The van der Waals surface area contributed by atoms with Crippen molar-refractivity contribution in [3.63, 3.8) is 0 Å². The first kappa shape index (κ1) is 15.4. The zero-order valence-corrected chi connectivity index (χ0v) is 12.7. The van der Waals surface area contributed by atoms with E-state index in [0.717, 1.165) is 18.2 Å². The molecular formula is C15H12BrF2NO2. The van der Waals surface area contributed by atoms with Crippen LogP contribution in [0.25, 0.3) is 0 Å². The molecule has 0 aliphatic heterocycles. The van der Waals surface area contributed by atoms with Gasteiger partial charge >= 0.3 is 5.97 Å². The Labute approximate surface area is 128 Å². The number of hydrogen-bond donors (Lipinski definition) is 1. The molecule has 0 amide bonds. The van der Waals surface area contributed by atoms with E-state index in [1.165, 1.54) is 0 Å². The number of anilines is 1. The number of ether oxygens (including phenoxy) is 1. The first-order chi connectivity index (χ1) is 9.88. The second kappa shape index (κ2) is 6.22. The fraction of sp³-hybridized carbons (Fsp3) is 0.133. The number of carbonyl (C=O) groups is 1. The van der Waals surface area contributed by atoms with Crippen molar-refractivity contribution in [3.05, 3.63) is 63.1 Å². The summed E-state index contributed by atoms with van der Waals surface area (Å²) in [7, 11) is 0. The molecule has 0 saturated heterocycles. The molecule has 2 aromatic rings. The number of rotatable bonds is 3. The Morgan fingerprint density at radius 1 is 1.29 bits per heavy atom. The minimum absolute atomic E-state index is 0.0241. The summed E-state index contributed by atoms with van der Waals surface area (Å²) in [4.78, 5) is 12.0. The van der Waals surface area contributed by atoms with Crippen molar-refractivity contribution in [1.29, 1.82) is 0 Å². The number of hydrogen-bond acceptors (Lipinski definition) is 3. The molecule has 110 valence electrons. The highest BCUT2D eigenvalue weighted by atomic mass is 79.9. The zero-order valence-electron chi connectivity index (χ0n) is 11.1. The van der Waals surface area contributed by atoms with Gasteiger partial charge in [-0.25, -0.2) is 13.6 Å². The van der Waals surface area contributed by atoms with Crippen molar-refractivity contribution >= 4 is 27.6 Å². The van der Waals surface area contributed by atoms with Gasteiger partial charge in [0, 0.05) is 15.7 Å². The lowest BCUT2D eigenvalue weighted by Gasteiger charge is -2.10. The first-order valence-electron chi connectivity index (χ1n) is 6.05. The molecule has 2 N–H and O–H groups in total. The smallest absolute Gasteiger partial charge is 0.338 e. The van der Waals surface area contributed by atoms with Crippen molar-refractivity contribution in [2.45, 2.75) is 13.5 Å². The summed E-state index contributed by atoms with van der Waals surface area (Å²) in [6, 6.07) is 6.21. The molecule has 0 aliphatic carbocycles. The van der Waals surface area contributed by atoms with Crippen molar-refractivity contribution in [3.8, 4) is 0 Å². The Hall–Kier alpha value is -1.95. The first-order valence-corrected chi connectivity index (χ1v) is 6.84. The van der Waals surface area contributed by atoms with Crippen LogP contribution in [0, 0.1) is 18.6 Å². The van der Waals surface area contributed by atoms with E-state index in [9.17, 15) is 13.6 Å². The molecule has 0 fully saturated rings. The van der Waals surface area contributed by atoms with Crippen LogP contribution in [0.15, 0.2) is 34.8 Å². The normalized spacial score (nSPS) is 10.5. The number of halogens is 3. The van der Waals surface area contributed by atoms with E-state index in [2.05, 4.69) is 15.9 Å². The molecule has 2 rings (SSSR count). The highest BCUT2D eigenvalue weighted by Gasteiger charge is 2.15. The molecule has 0 aliphatic rings. The lowest BCUT2D eigenvalue weighted by Crippen LogP contribution is -2.09. The van der Waals surface area contributed by atoms with E-state index in [0.29, 0.717) is 15.7 Å². The summed E-state index contributed by atoms with van der Waals surface area (Å²) in [5, 5.41) is 0. The van der Waals surface area contributed by atoms with Gasteiger partial charge in [0.05, 0.1) is 5.56 Å². The van der Waals surface area contributed by atoms with E-state index in [4.69, 9.17) is 10.5 Å². The number of nitrogens with two attached hydrogens (primary N) is 1. The summed E-state index contributed by atoms with van der Waals surface area (Å²) >= 11 is 3.24. The number of benzene rings is 2. The molecule has 0 saturated carbocycles. The van der Waals surface area contributed by atoms with Gasteiger partial charge in [0.25, 0.3) is 0 Å². The van der Waals surface area contributed by atoms with Crippen LogP contribution in [-0.2, 0) is 11.3 Å². The van der Waals surface area contributed by atoms with Crippen LogP contribution in [0.4, 0.5) is 14.5 Å².